The van der Waals surface area contributed by atoms with Gasteiger partial charge in [0.15, 0.2) is 11.5 Å². The minimum atomic E-state index is -0.603. The van der Waals surface area contributed by atoms with Crippen molar-refractivity contribution in [2.75, 3.05) is 27.2 Å². The topological polar surface area (TPSA) is 93.5 Å². The lowest BCUT2D eigenvalue weighted by Crippen LogP contribution is -2.64. The van der Waals surface area contributed by atoms with E-state index in [1.807, 2.05) is 18.9 Å². The summed E-state index contributed by atoms with van der Waals surface area (Å²) in [6.07, 6.45) is 13.9. The molecule has 3 N–H and O–H groups in total. The van der Waals surface area contributed by atoms with Gasteiger partial charge in [0.05, 0.1) is 12.7 Å². The summed E-state index contributed by atoms with van der Waals surface area (Å²) < 4.78 is 5.21. The number of benzene rings is 1. The number of methoxy groups -OCH3 is 1. The lowest BCUT2D eigenvalue weighted by molar-refractivity contribution is -0.156. The fourth-order valence-electron chi connectivity index (χ4n) is 6.06. The second kappa shape index (κ2) is 13.3. The van der Waals surface area contributed by atoms with Crippen molar-refractivity contribution in [3.05, 3.63) is 60.4 Å². The molecule has 0 aromatic heterocycles. The quantitative estimate of drug-likeness (QED) is 0.193. The van der Waals surface area contributed by atoms with Crippen LogP contribution in [-0.2, 0) is 9.53 Å². The SMILES string of the molecule is C=C/C=C(/C=C/C(=O)N(C)C1CCC2(O)C(CCN(CC3CC3)C2CC)C1)OC.Cc1ccc(O)c(O)c1. The number of aliphatic hydroxyl groups is 1. The lowest BCUT2D eigenvalue weighted by Gasteiger charge is -2.55. The summed E-state index contributed by atoms with van der Waals surface area (Å²) in [6.45, 7) is 9.94. The predicted octanol–water partition coefficient (Wildman–Crippen LogP) is 4.92. The van der Waals surface area contributed by atoms with Gasteiger partial charge in [0.1, 0.15) is 5.76 Å². The zero-order valence-electron chi connectivity index (χ0n) is 23.5. The molecule has 7 heteroatoms. The average molecular weight is 527 g/mol. The number of fused-ring (bicyclic) bond motifs is 1. The Morgan fingerprint density at radius 1 is 1.21 bits per heavy atom. The minimum Gasteiger partial charge on any atom is -0.504 e. The maximum atomic E-state index is 12.7. The first-order chi connectivity index (χ1) is 18.1. The molecule has 2 saturated carbocycles. The molecular formula is C31H46N2O5. The molecule has 4 unspecified atom stereocenters. The maximum absolute atomic E-state index is 12.7. The monoisotopic (exact) mass is 526 g/mol. The number of carbonyl (C=O) groups excluding carboxylic acids is 1. The van der Waals surface area contributed by atoms with E-state index in [9.17, 15) is 9.90 Å². The van der Waals surface area contributed by atoms with E-state index in [2.05, 4.69) is 18.4 Å². The van der Waals surface area contributed by atoms with Crippen LogP contribution in [0.5, 0.6) is 11.5 Å². The summed E-state index contributed by atoms with van der Waals surface area (Å²) in [5.41, 5.74) is 0.332. The van der Waals surface area contributed by atoms with Crippen molar-refractivity contribution < 1.29 is 24.9 Å². The molecule has 0 bridgehead atoms. The highest BCUT2D eigenvalue weighted by Crippen LogP contribution is 2.46. The number of rotatable bonds is 8. The Balaban J connectivity index is 0.000000375. The molecular weight excluding hydrogens is 480 g/mol. The molecule has 3 aliphatic rings. The molecule has 0 spiro atoms. The Morgan fingerprint density at radius 2 is 1.95 bits per heavy atom. The van der Waals surface area contributed by atoms with Gasteiger partial charge in [0.25, 0.3) is 0 Å². The number of piperidine rings is 1. The van der Waals surface area contributed by atoms with E-state index >= 15 is 0 Å². The molecule has 2 aliphatic carbocycles. The highest BCUT2D eigenvalue weighted by atomic mass is 16.5. The van der Waals surface area contributed by atoms with Crippen LogP contribution in [0, 0.1) is 18.8 Å². The van der Waals surface area contributed by atoms with Gasteiger partial charge in [-0.05, 0) is 100 Å². The molecule has 7 nitrogen and oxygen atoms in total. The van der Waals surface area contributed by atoms with Crippen molar-refractivity contribution in [3.63, 3.8) is 0 Å². The van der Waals surface area contributed by atoms with E-state index in [4.69, 9.17) is 14.9 Å². The van der Waals surface area contributed by atoms with Gasteiger partial charge in [-0.15, -0.1) is 0 Å². The number of hydrogen-bond acceptors (Lipinski definition) is 6. The molecule has 4 rings (SSSR count). The highest BCUT2D eigenvalue weighted by Gasteiger charge is 2.52. The van der Waals surface area contributed by atoms with Crippen molar-refractivity contribution >= 4 is 5.91 Å². The molecule has 1 heterocycles. The van der Waals surface area contributed by atoms with Crippen LogP contribution in [0.15, 0.2) is 54.8 Å². The number of amides is 1. The summed E-state index contributed by atoms with van der Waals surface area (Å²) in [5, 5.41) is 29.3. The van der Waals surface area contributed by atoms with Crippen LogP contribution in [0.3, 0.4) is 0 Å². The van der Waals surface area contributed by atoms with Gasteiger partial charge in [-0.3, -0.25) is 9.69 Å². The van der Waals surface area contributed by atoms with Crippen LogP contribution >= 0.6 is 0 Å². The number of likely N-dealkylation sites (tertiary alicyclic amines) is 1. The number of phenolic OH excluding ortho intramolecular Hbond substituents is 2. The fourth-order valence-corrected chi connectivity index (χ4v) is 6.06. The molecule has 38 heavy (non-hydrogen) atoms. The minimum absolute atomic E-state index is 0.0225. The van der Waals surface area contributed by atoms with E-state index in [1.54, 1.807) is 37.5 Å². The zero-order chi connectivity index (χ0) is 27.9. The fraction of sp³-hybridized carbons (Fsp3) is 0.581. The van der Waals surface area contributed by atoms with Crippen molar-refractivity contribution in [3.8, 4) is 11.5 Å². The first-order valence-electron chi connectivity index (χ1n) is 13.9. The Morgan fingerprint density at radius 3 is 2.53 bits per heavy atom. The third-order valence-electron chi connectivity index (χ3n) is 8.43. The molecule has 4 atom stereocenters. The Hall–Kier alpha value is -2.77. The van der Waals surface area contributed by atoms with Gasteiger partial charge < -0.3 is 25.0 Å². The smallest absolute Gasteiger partial charge is 0.246 e. The van der Waals surface area contributed by atoms with E-state index < -0.39 is 5.60 Å². The Labute approximate surface area is 228 Å². The Kier molecular flexibility index (Phi) is 10.5. The lowest BCUT2D eigenvalue weighted by atomic mass is 9.65. The second-order valence-corrected chi connectivity index (χ2v) is 11.1. The van der Waals surface area contributed by atoms with Gasteiger partial charge in [0, 0.05) is 31.8 Å². The van der Waals surface area contributed by atoms with Gasteiger partial charge in [-0.25, -0.2) is 0 Å². The standard InChI is InChI=1S/C24H38N2O3.C7H8O2/c1-5-7-21(29-4)10-11-23(27)25(3)20-12-14-24(28)19(16-20)13-15-26(22(24)6-2)17-18-8-9-18;1-5-2-3-6(8)7(9)4-5/h5,7,10-11,18-20,22,28H,1,6,8-9,12-17H2,2-4H3;2-4,8-9H,1H3/b11-10+,21-7-;. The second-order valence-electron chi connectivity index (χ2n) is 11.1. The molecule has 1 aromatic rings. The summed E-state index contributed by atoms with van der Waals surface area (Å²) in [6, 6.07) is 5.14. The Bertz CT molecular complexity index is 1020. The first-order valence-corrected chi connectivity index (χ1v) is 13.9. The summed E-state index contributed by atoms with van der Waals surface area (Å²) in [5.74, 6) is 1.58. The number of likely N-dealkylation sites (N-methyl/N-ethyl adjacent to an activating group) is 1. The third kappa shape index (κ3) is 7.41. The molecule has 0 radical (unpaired) electrons. The number of hydrogen-bond donors (Lipinski definition) is 3. The highest BCUT2D eigenvalue weighted by molar-refractivity contribution is 5.88. The number of aromatic hydroxyl groups is 2. The molecule has 1 saturated heterocycles. The number of nitrogens with zero attached hydrogens (tertiary/aromatic N) is 2. The van der Waals surface area contributed by atoms with Gasteiger partial charge in [-0.2, -0.15) is 0 Å². The number of ether oxygens (including phenoxy) is 1. The normalized spacial score (nSPS) is 27.7. The van der Waals surface area contributed by atoms with Crippen LogP contribution in [0.25, 0.3) is 0 Å². The molecule has 1 amide bonds. The number of allylic oxidation sites excluding steroid dienone is 3. The molecule has 1 aliphatic heterocycles. The van der Waals surface area contributed by atoms with Gasteiger partial charge in [0.2, 0.25) is 5.91 Å². The van der Waals surface area contributed by atoms with Crippen molar-refractivity contribution in [2.24, 2.45) is 11.8 Å². The van der Waals surface area contributed by atoms with E-state index in [-0.39, 0.29) is 35.4 Å². The van der Waals surface area contributed by atoms with Crippen molar-refractivity contribution in [1.82, 2.24) is 9.80 Å². The largest absolute Gasteiger partial charge is 0.504 e. The predicted molar refractivity (Wildman–Crippen MR) is 151 cm³/mol. The summed E-state index contributed by atoms with van der Waals surface area (Å²) in [7, 11) is 3.46. The average Bonchev–Trinajstić information content (AvgIpc) is 3.72. The summed E-state index contributed by atoms with van der Waals surface area (Å²) >= 11 is 0. The number of phenols is 2. The van der Waals surface area contributed by atoms with Crippen LogP contribution in [0.1, 0.15) is 57.4 Å². The first kappa shape index (κ1) is 29.8. The number of aryl methyl sites for hydroxylation is 1. The van der Waals surface area contributed by atoms with Gasteiger partial charge in [-0.1, -0.05) is 25.6 Å². The number of carbonyl (C=O) groups is 1. The van der Waals surface area contributed by atoms with Crippen molar-refractivity contribution in [2.45, 2.75) is 76.5 Å². The molecule has 3 fully saturated rings. The van der Waals surface area contributed by atoms with Crippen LogP contribution in [-0.4, -0.2) is 76.0 Å². The van der Waals surface area contributed by atoms with Crippen LogP contribution < -0.4 is 0 Å². The third-order valence-corrected chi connectivity index (χ3v) is 8.43. The van der Waals surface area contributed by atoms with E-state index in [1.165, 1.54) is 25.0 Å². The van der Waals surface area contributed by atoms with Crippen LogP contribution in [0.4, 0.5) is 0 Å². The summed E-state index contributed by atoms with van der Waals surface area (Å²) in [4.78, 5) is 17.1. The molecule has 210 valence electrons. The maximum Gasteiger partial charge on any atom is 0.246 e. The van der Waals surface area contributed by atoms with E-state index in [0.717, 1.165) is 56.7 Å². The molecule has 1 aromatic carbocycles. The van der Waals surface area contributed by atoms with Crippen molar-refractivity contribution in [1.29, 1.82) is 0 Å². The van der Waals surface area contributed by atoms with E-state index in [0.29, 0.717) is 5.76 Å². The van der Waals surface area contributed by atoms with Gasteiger partial charge >= 0.3 is 0 Å². The van der Waals surface area contributed by atoms with Crippen LogP contribution in [0.2, 0.25) is 0 Å². The zero-order valence-corrected chi connectivity index (χ0v) is 23.5.